The third-order valence-electron chi connectivity index (χ3n) is 1.21. The minimum atomic E-state index is -0.524. The molecule has 0 aliphatic heterocycles. The van der Waals surface area contributed by atoms with E-state index in [4.69, 9.17) is 5.26 Å². The fourth-order valence-corrected chi connectivity index (χ4v) is 0.660. The summed E-state index contributed by atoms with van der Waals surface area (Å²) >= 11 is 0. The van der Waals surface area contributed by atoms with Gasteiger partial charge in [-0.1, -0.05) is 0 Å². The molecule has 1 N–H and O–H groups in total. The van der Waals surface area contributed by atoms with Crippen LogP contribution in [0.2, 0.25) is 0 Å². The van der Waals surface area contributed by atoms with Gasteiger partial charge in [-0.3, -0.25) is 4.79 Å². The molecule has 0 aliphatic carbocycles. The standard InChI is InChI=1S/C9H15N5O/c1-13(2)6-8(5-10)9(15)12-11-7-14(3)4/h6-7H,1-4H3,(H,12,15)/b8-6-,11-7-. The molecule has 0 unspecified atom stereocenters. The Balaban J connectivity index is 4.38. The van der Waals surface area contributed by atoms with Crippen molar-refractivity contribution in [2.24, 2.45) is 5.10 Å². The predicted molar refractivity (Wildman–Crippen MR) is 57.7 cm³/mol. The molecule has 15 heavy (non-hydrogen) atoms. The molecule has 6 nitrogen and oxygen atoms in total. The van der Waals surface area contributed by atoms with Gasteiger partial charge in [-0.25, -0.2) is 5.43 Å². The molecule has 0 rings (SSSR count). The Kier molecular flexibility index (Phi) is 5.56. The van der Waals surface area contributed by atoms with Crippen LogP contribution >= 0.6 is 0 Å². The number of amides is 1. The van der Waals surface area contributed by atoms with Crippen molar-refractivity contribution < 1.29 is 4.79 Å². The smallest absolute Gasteiger partial charge is 0.283 e. The molecule has 0 aliphatic rings. The summed E-state index contributed by atoms with van der Waals surface area (Å²) in [7, 11) is 7.01. The average molecular weight is 209 g/mol. The summed E-state index contributed by atoms with van der Waals surface area (Å²) in [4.78, 5) is 14.6. The topological polar surface area (TPSA) is 71.7 Å². The van der Waals surface area contributed by atoms with E-state index in [1.165, 1.54) is 12.5 Å². The lowest BCUT2D eigenvalue weighted by Gasteiger charge is -2.06. The number of hydrogen-bond acceptors (Lipinski definition) is 4. The van der Waals surface area contributed by atoms with E-state index in [0.29, 0.717) is 0 Å². The first-order valence-electron chi connectivity index (χ1n) is 4.25. The highest BCUT2D eigenvalue weighted by atomic mass is 16.2. The van der Waals surface area contributed by atoms with Crippen molar-refractivity contribution in [2.75, 3.05) is 28.2 Å². The molecule has 0 aromatic rings. The molecule has 0 bridgehead atoms. The second-order valence-corrected chi connectivity index (χ2v) is 3.27. The molecule has 0 spiro atoms. The Morgan fingerprint density at radius 1 is 1.33 bits per heavy atom. The largest absolute Gasteiger partial charge is 0.382 e. The summed E-state index contributed by atoms with van der Waals surface area (Å²) < 4.78 is 0. The van der Waals surface area contributed by atoms with Crippen molar-refractivity contribution >= 4 is 12.2 Å². The van der Waals surface area contributed by atoms with Crippen molar-refractivity contribution in [3.05, 3.63) is 11.8 Å². The van der Waals surface area contributed by atoms with Crippen molar-refractivity contribution in [1.29, 1.82) is 5.26 Å². The SMILES string of the molecule is CN(C)/C=N\NC(=O)/C(C#N)=C\N(C)C. The minimum absolute atomic E-state index is 0.0101. The number of carbonyl (C=O) groups excluding carboxylic acids is 1. The molecular formula is C9H15N5O. The van der Waals surface area contributed by atoms with Crippen molar-refractivity contribution in [3.8, 4) is 6.07 Å². The van der Waals surface area contributed by atoms with Gasteiger partial charge in [-0.2, -0.15) is 10.4 Å². The summed E-state index contributed by atoms with van der Waals surface area (Å²) in [5, 5.41) is 12.3. The Hall–Kier alpha value is -2.03. The highest BCUT2D eigenvalue weighted by molar-refractivity contribution is 5.97. The summed E-state index contributed by atoms with van der Waals surface area (Å²) in [5.74, 6) is -0.524. The van der Waals surface area contributed by atoms with Gasteiger partial charge in [-0.05, 0) is 0 Å². The van der Waals surface area contributed by atoms with Crippen LogP contribution in [0, 0.1) is 11.3 Å². The summed E-state index contributed by atoms with van der Waals surface area (Å²) in [5.41, 5.74) is 2.25. The molecule has 0 atom stereocenters. The van der Waals surface area contributed by atoms with Crippen LogP contribution in [0.25, 0.3) is 0 Å². The molecule has 0 saturated heterocycles. The van der Waals surface area contributed by atoms with Crippen LogP contribution in [0.15, 0.2) is 16.9 Å². The Labute approximate surface area is 89.5 Å². The lowest BCUT2D eigenvalue weighted by molar-refractivity contribution is -0.117. The molecule has 0 aromatic carbocycles. The zero-order chi connectivity index (χ0) is 11.8. The first kappa shape index (κ1) is 13.0. The Bertz CT molecular complexity index is 311. The molecular weight excluding hydrogens is 194 g/mol. The number of nitrogens with zero attached hydrogens (tertiary/aromatic N) is 4. The third-order valence-corrected chi connectivity index (χ3v) is 1.21. The molecule has 6 heteroatoms. The third kappa shape index (κ3) is 6.10. The van der Waals surface area contributed by atoms with Crippen LogP contribution < -0.4 is 5.43 Å². The Morgan fingerprint density at radius 2 is 1.93 bits per heavy atom. The summed E-state index contributed by atoms with van der Waals surface area (Å²) in [6, 6.07) is 1.79. The maximum absolute atomic E-state index is 11.3. The van der Waals surface area contributed by atoms with E-state index >= 15 is 0 Å². The van der Waals surface area contributed by atoms with Gasteiger partial charge >= 0.3 is 0 Å². The van der Waals surface area contributed by atoms with Crippen molar-refractivity contribution in [2.45, 2.75) is 0 Å². The number of hydrogen-bond donors (Lipinski definition) is 1. The molecule has 0 aromatic heterocycles. The highest BCUT2D eigenvalue weighted by Gasteiger charge is 2.07. The van der Waals surface area contributed by atoms with E-state index in [0.717, 1.165) is 0 Å². The van der Waals surface area contributed by atoms with Crippen LogP contribution in [-0.4, -0.2) is 50.2 Å². The van der Waals surface area contributed by atoms with Gasteiger partial charge in [0, 0.05) is 34.4 Å². The highest BCUT2D eigenvalue weighted by Crippen LogP contribution is 1.93. The van der Waals surface area contributed by atoms with E-state index in [1.54, 1.807) is 44.1 Å². The molecule has 0 fully saturated rings. The maximum Gasteiger partial charge on any atom is 0.283 e. The van der Waals surface area contributed by atoms with Crippen LogP contribution in [-0.2, 0) is 4.79 Å². The van der Waals surface area contributed by atoms with Crippen LogP contribution in [0.5, 0.6) is 0 Å². The van der Waals surface area contributed by atoms with Gasteiger partial charge < -0.3 is 9.80 Å². The van der Waals surface area contributed by atoms with E-state index in [-0.39, 0.29) is 5.57 Å². The molecule has 1 amide bonds. The number of nitrogens with one attached hydrogen (secondary N) is 1. The summed E-state index contributed by atoms with van der Waals surface area (Å²) in [6.07, 6.45) is 2.86. The monoisotopic (exact) mass is 209 g/mol. The lowest BCUT2D eigenvalue weighted by atomic mass is 10.3. The van der Waals surface area contributed by atoms with Crippen LogP contribution in [0.1, 0.15) is 0 Å². The van der Waals surface area contributed by atoms with Gasteiger partial charge in [0.25, 0.3) is 5.91 Å². The average Bonchev–Trinajstić information content (AvgIpc) is 2.13. The number of rotatable bonds is 4. The van der Waals surface area contributed by atoms with E-state index < -0.39 is 5.91 Å². The maximum atomic E-state index is 11.3. The fraction of sp³-hybridized carbons (Fsp3) is 0.444. The fourth-order valence-electron chi connectivity index (χ4n) is 0.660. The van der Waals surface area contributed by atoms with E-state index in [9.17, 15) is 4.79 Å². The number of hydrazone groups is 1. The van der Waals surface area contributed by atoms with Gasteiger partial charge in [0.15, 0.2) is 0 Å². The zero-order valence-corrected chi connectivity index (χ0v) is 9.35. The van der Waals surface area contributed by atoms with Crippen molar-refractivity contribution in [3.63, 3.8) is 0 Å². The molecule has 0 saturated carbocycles. The second-order valence-electron chi connectivity index (χ2n) is 3.27. The van der Waals surface area contributed by atoms with Gasteiger partial charge in [0.05, 0.1) is 0 Å². The number of nitriles is 1. The molecule has 0 heterocycles. The Morgan fingerprint density at radius 3 is 2.33 bits per heavy atom. The first-order chi connectivity index (χ1) is 6.97. The normalized spacial score (nSPS) is 11.0. The van der Waals surface area contributed by atoms with Gasteiger partial charge in [0.2, 0.25) is 0 Å². The van der Waals surface area contributed by atoms with Crippen LogP contribution in [0.3, 0.4) is 0 Å². The van der Waals surface area contributed by atoms with Crippen molar-refractivity contribution in [1.82, 2.24) is 15.2 Å². The molecule has 82 valence electrons. The zero-order valence-electron chi connectivity index (χ0n) is 9.35. The van der Waals surface area contributed by atoms with E-state index in [1.807, 2.05) is 0 Å². The van der Waals surface area contributed by atoms with Crippen LogP contribution in [0.4, 0.5) is 0 Å². The predicted octanol–water partition coefficient (Wildman–Crippen LogP) is -0.423. The first-order valence-corrected chi connectivity index (χ1v) is 4.25. The minimum Gasteiger partial charge on any atom is -0.382 e. The van der Waals surface area contributed by atoms with E-state index in [2.05, 4.69) is 10.5 Å². The van der Waals surface area contributed by atoms with Gasteiger partial charge in [-0.15, -0.1) is 0 Å². The second kappa shape index (κ2) is 6.43. The summed E-state index contributed by atoms with van der Waals surface area (Å²) in [6.45, 7) is 0. The van der Waals surface area contributed by atoms with Gasteiger partial charge in [0.1, 0.15) is 18.0 Å². The lowest BCUT2D eigenvalue weighted by Crippen LogP contribution is -2.22. The number of carbonyl (C=O) groups is 1. The quantitative estimate of drug-likeness (QED) is 0.224. The molecule has 0 radical (unpaired) electrons.